The van der Waals surface area contributed by atoms with Crippen LogP contribution < -0.4 is 43.4 Å². The lowest BCUT2D eigenvalue weighted by Crippen LogP contribution is -2.60. The topological polar surface area (TPSA) is 380 Å². The number of nitrogens with zero attached hydrogens (tertiary/aromatic N) is 2. The summed E-state index contributed by atoms with van der Waals surface area (Å²) in [6.07, 6.45) is 2.98. The summed E-state index contributed by atoms with van der Waals surface area (Å²) in [5.74, 6) is -6.26. The number of benzene rings is 1. The number of aliphatic carboxylic acids is 1. The van der Waals surface area contributed by atoms with Gasteiger partial charge in [-0.25, -0.2) is 9.78 Å². The number of rotatable bonds is 25. The van der Waals surface area contributed by atoms with Crippen LogP contribution in [0.2, 0.25) is 0 Å². The van der Waals surface area contributed by atoms with Crippen molar-refractivity contribution in [3.8, 4) is 5.75 Å². The van der Waals surface area contributed by atoms with Crippen LogP contribution in [0.5, 0.6) is 5.75 Å². The second-order valence-electron chi connectivity index (χ2n) is 16.8. The van der Waals surface area contributed by atoms with E-state index in [0.717, 1.165) is 0 Å². The number of carbonyl (C=O) groups excluding carboxylic acids is 6. The molecule has 0 bridgehead atoms. The molecule has 2 unspecified atom stereocenters. The lowest BCUT2D eigenvalue weighted by atomic mass is 9.74. The van der Waals surface area contributed by atoms with Gasteiger partial charge in [0.05, 0.1) is 18.1 Å². The number of nitrogens with two attached hydrogens (primary N) is 2. The Hall–Kier alpha value is -6.33. The van der Waals surface area contributed by atoms with Gasteiger partial charge in [0.15, 0.2) is 12.2 Å². The predicted octanol–water partition coefficient (Wildman–Crippen LogP) is -2.60. The highest BCUT2D eigenvalue weighted by atomic mass is 16.5. The first-order valence-electron chi connectivity index (χ1n) is 21.8. The second kappa shape index (κ2) is 24.7. The van der Waals surface area contributed by atoms with Gasteiger partial charge >= 0.3 is 5.97 Å². The molecule has 2 heterocycles. The molecule has 1 aromatic carbocycles. The molecule has 0 radical (unpaired) electrons. The number of carboxylic acids is 1. The molecule has 358 valence electrons. The minimum atomic E-state index is -1.83. The Kier molecular flexibility index (Phi) is 19.5. The molecule has 23 nitrogen and oxygen atoms in total. The minimum absolute atomic E-state index is 0.00811. The number of aliphatic hydroxyl groups is 2. The van der Waals surface area contributed by atoms with Crippen LogP contribution in [-0.4, -0.2) is 145 Å². The van der Waals surface area contributed by atoms with Crippen LogP contribution in [0, 0.1) is 23.2 Å². The Morgan fingerprint density at radius 3 is 2.23 bits per heavy atom. The molecule has 23 heteroatoms. The van der Waals surface area contributed by atoms with Crippen molar-refractivity contribution in [2.45, 2.75) is 121 Å². The molecule has 65 heavy (non-hydrogen) atoms. The van der Waals surface area contributed by atoms with Crippen LogP contribution in [0.25, 0.3) is 0 Å². The van der Waals surface area contributed by atoms with Gasteiger partial charge in [-0.2, -0.15) is 0 Å². The van der Waals surface area contributed by atoms with E-state index >= 15 is 0 Å². The third kappa shape index (κ3) is 15.7. The minimum Gasteiger partial charge on any atom is -0.508 e. The molecule has 16 N–H and O–H groups in total. The maximum atomic E-state index is 14.2. The SMILES string of the molecule is CCC(C)[C@H](NC(=O)C(Cc1ccc(O)cc1)NC(=O)[C@H]1C[C@@H](CNC(=O)[C@H](CCCNC(=N)N)NC(=O)[C@@H](N)CC(O)O)C1)C(=O)N[C@@H](Cc1c[nH]cn1)C(=O)N1CCC[C@H]1C(=O)O. The van der Waals surface area contributed by atoms with E-state index in [4.69, 9.17) is 16.9 Å². The number of aromatic hydroxyl groups is 1. The first kappa shape index (κ1) is 51.3. The molecule has 6 amide bonds. The molecule has 1 aromatic heterocycles. The van der Waals surface area contributed by atoms with Crippen molar-refractivity contribution in [2.75, 3.05) is 19.6 Å². The number of aliphatic hydroxyl groups excluding tert-OH is 1. The summed E-state index contributed by atoms with van der Waals surface area (Å²) in [6.45, 7) is 4.17. The summed E-state index contributed by atoms with van der Waals surface area (Å²) < 4.78 is 0. The molecule has 1 aliphatic heterocycles. The number of amides is 6. The summed E-state index contributed by atoms with van der Waals surface area (Å²) in [7, 11) is 0. The van der Waals surface area contributed by atoms with Crippen LogP contribution in [0.3, 0.4) is 0 Å². The van der Waals surface area contributed by atoms with Crippen molar-refractivity contribution >= 4 is 47.4 Å². The molecule has 1 saturated carbocycles. The predicted molar refractivity (Wildman–Crippen MR) is 233 cm³/mol. The van der Waals surface area contributed by atoms with Crippen molar-refractivity contribution in [1.82, 2.24) is 46.8 Å². The number of likely N-dealkylation sites (tertiary alicyclic amines) is 1. The van der Waals surface area contributed by atoms with Crippen LogP contribution >= 0.6 is 0 Å². The van der Waals surface area contributed by atoms with Crippen molar-refractivity contribution in [3.63, 3.8) is 0 Å². The monoisotopic (exact) mass is 912 g/mol. The number of phenols is 1. The van der Waals surface area contributed by atoms with E-state index in [-0.39, 0.29) is 62.9 Å². The summed E-state index contributed by atoms with van der Waals surface area (Å²) in [5, 5.41) is 61.7. The quantitative estimate of drug-likeness (QED) is 0.0210. The average Bonchev–Trinajstić information content (AvgIpc) is 3.96. The fraction of sp³-hybridized carbons (Fsp3) is 0.595. The number of hydrogen-bond donors (Lipinski definition) is 14. The van der Waals surface area contributed by atoms with Gasteiger partial charge in [0.25, 0.3) is 0 Å². The first-order chi connectivity index (χ1) is 30.9. The fourth-order valence-corrected chi connectivity index (χ4v) is 7.78. The molecule has 1 aliphatic carbocycles. The van der Waals surface area contributed by atoms with Crippen LogP contribution in [0.15, 0.2) is 36.8 Å². The van der Waals surface area contributed by atoms with E-state index in [1.165, 1.54) is 23.4 Å². The standard InChI is InChI=1S/C42H64N12O11/c1-3-22(2)34(39(62)52-31(17-26-20-46-21-49-26)40(63)54-13-5-7-32(54)41(64)65)53-38(61)30(16-23-8-10-27(55)11-9-23)51-35(58)25-14-24(15-25)19-48-37(60)29(6-4-12-47-42(44)45)50-36(59)28(43)18-33(56)57/h8-11,20-22,24-25,28-34,55-57H,3-7,12-19,43H2,1-2H3,(H,46,49)(H,48,60)(H,50,59)(H,51,58)(H,52,62)(H,53,61)(H,64,65)(H4,44,45,47)/t22?,24-,25+,28-,29-,30?,31-,32-,34-/m0/s1. The maximum absolute atomic E-state index is 14.2. The van der Waals surface area contributed by atoms with Gasteiger partial charge in [-0.1, -0.05) is 32.4 Å². The van der Waals surface area contributed by atoms with Gasteiger partial charge in [0.1, 0.15) is 36.0 Å². The van der Waals surface area contributed by atoms with Crippen molar-refractivity contribution in [1.29, 1.82) is 5.41 Å². The number of nitrogens with one attached hydrogen (secondary N) is 8. The molecule has 4 rings (SSSR count). The van der Waals surface area contributed by atoms with Gasteiger partial charge < -0.3 is 73.7 Å². The average molecular weight is 913 g/mol. The lowest BCUT2D eigenvalue weighted by Gasteiger charge is -2.36. The summed E-state index contributed by atoms with van der Waals surface area (Å²) >= 11 is 0. The fourth-order valence-electron chi connectivity index (χ4n) is 7.78. The van der Waals surface area contributed by atoms with Crippen LogP contribution in [0.1, 0.15) is 76.5 Å². The van der Waals surface area contributed by atoms with E-state index in [0.29, 0.717) is 43.4 Å². The summed E-state index contributed by atoms with van der Waals surface area (Å²) in [4.78, 5) is 102. The first-order valence-corrected chi connectivity index (χ1v) is 21.8. The number of H-pyrrole nitrogens is 1. The van der Waals surface area contributed by atoms with Crippen molar-refractivity contribution < 1.29 is 54.0 Å². The van der Waals surface area contributed by atoms with E-state index in [2.05, 4.69) is 41.9 Å². The smallest absolute Gasteiger partial charge is 0.326 e. The Labute approximate surface area is 376 Å². The number of imidazole rings is 1. The molecular formula is C42H64N12O11. The molecule has 1 saturated heterocycles. The number of guanidine groups is 1. The number of carboxylic acid groups (broad SMARTS) is 1. The van der Waals surface area contributed by atoms with E-state index in [9.17, 15) is 54.0 Å². The lowest BCUT2D eigenvalue weighted by molar-refractivity contribution is -0.149. The Morgan fingerprint density at radius 2 is 1.62 bits per heavy atom. The zero-order chi connectivity index (χ0) is 47.8. The van der Waals surface area contributed by atoms with E-state index in [1.54, 1.807) is 25.3 Å². The third-order valence-corrected chi connectivity index (χ3v) is 11.8. The van der Waals surface area contributed by atoms with Gasteiger partial charge in [0.2, 0.25) is 35.4 Å². The van der Waals surface area contributed by atoms with Gasteiger partial charge in [-0.3, -0.25) is 34.2 Å². The molecule has 7 atom stereocenters. The molecule has 0 spiro atoms. The number of aromatic nitrogens is 2. The molecule has 2 aliphatic rings. The highest BCUT2D eigenvalue weighted by Gasteiger charge is 2.41. The number of hydrogen-bond acceptors (Lipinski definition) is 13. The summed E-state index contributed by atoms with van der Waals surface area (Å²) in [5.41, 5.74) is 12.1. The highest BCUT2D eigenvalue weighted by Crippen LogP contribution is 2.33. The number of phenolic OH excluding ortho intramolecular Hbond substituents is 1. The Balaban J connectivity index is 1.42. The zero-order valence-electron chi connectivity index (χ0n) is 36.6. The van der Waals surface area contributed by atoms with Crippen LogP contribution in [-0.2, 0) is 46.4 Å². The highest BCUT2D eigenvalue weighted by molar-refractivity contribution is 5.96. The van der Waals surface area contributed by atoms with Gasteiger partial charge in [0, 0.05) is 51.0 Å². The Morgan fingerprint density at radius 1 is 0.923 bits per heavy atom. The molecule has 2 aromatic rings. The van der Waals surface area contributed by atoms with Gasteiger partial charge in [-0.05, 0) is 68.1 Å². The molecular weight excluding hydrogens is 849 g/mol. The Bertz CT molecular complexity index is 1940. The molecule has 2 fully saturated rings. The van der Waals surface area contributed by atoms with Gasteiger partial charge in [-0.15, -0.1) is 0 Å². The largest absolute Gasteiger partial charge is 0.508 e. The third-order valence-electron chi connectivity index (χ3n) is 11.8. The number of aromatic amines is 1. The normalized spacial score (nSPS) is 19.6. The van der Waals surface area contributed by atoms with Crippen molar-refractivity contribution in [2.24, 2.45) is 29.2 Å². The van der Waals surface area contributed by atoms with Crippen molar-refractivity contribution in [3.05, 3.63) is 48.0 Å². The van der Waals surface area contributed by atoms with E-state index < -0.39 is 102 Å². The van der Waals surface area contributed by atoms with Crippen LogP contribution in [0.4, 0.5) is 0 Å². The second-order valence-corrected chi connectivity index (χ2v) is 16.8. The van der Waals surface area contributed by atoms with E-state index in [1.807, 2.05) is 6.92 Å². The summed E-state index contributed by atoms with van der Waals surface area (Å²) in [6, 6.07) is -0.902. The zero-order valence-corrected chi connectivity index (χ0v) is 36.6. The number of carbonyl (C=O) groups is 7. The maximum Gasteiger partial charge on any atom is 0.326 e.